The molecule has 3 aromatic rings. The number of hydrogen-bond donors (Lipinski definition) is 2. The van der Waals surface area contributed by atoms with Crippen molar-refractivity contribution in [3.05, 3.63) is 84.5 Å². The fraction of sp³-hybridized carbons (Fsp3) is 0.143. The lowest BCUT2D eigenvalue weighted by atomic mass is 10.2. The number of amides is 1. The first kappa shape index (κ1) is 21.9. The second-order valence-electron chi connectivity index (χ2n) is 6.48. The minimum Gasteiger partial charge on any atom is -0.470 e. The summed E-state index contributed by atoms with van der Waals surface area (Å²) in [6.07, 6.45) is 5.91. The molecule has 1 aromatic carbocycles. The molecule has 2 N–H and O–H groups in total. The van der Waals surface area contributed by atoms with Gasteiger partial charge in [-0.25, -0.2) is 18.4 Å². The van der Waals surface area contributed by atoms with Gasteiger partial charge in [0.2, 0.25) is 5.82 Å². The Morgan fingerprint density at radius 2 is 1.97 bits per heavy atom. The summed E-state index contributed by atoms with van der Waals surface area (Å²) in [4.78, 5) is 24.5. The maximum atomic E-state index is 12.8. The Hall–Kier alpha value is -3.79. The Kier molecular flexibility index (Phi) is 6.93. The zero-order chi connectivity index (χ0) is 22.3. The van der Waals surface area contributed by atoms with Crippen LogP contribution in [0.1, 0.15) is 21.6 Å². The lowest BCUT2D eigenvalue weighted by Crippen LogP contribution is -2.25. The smallest absolute Gasteiger partial charge is 0.271 e. The molecule has 0 radical (unpaired) electrons. The molecule has 0 bridgehead atoms. The third-order valence-corrected chi connectivity index (χ3v) is 5.40. The van der Waals surface area contributed by atoms with Gasteiger partial charge in [-0.05, 0) is 25.1 Å². The fourth-order valence-electron chi connectivity index (χ4n) is 2.45. The normalized spacial score (nSPS) is 10.9. The summed E-state index contributed by atoms with van der Waals surface area (Å²) >= 11 is 0. The maximum Gasteiger partial charge on any atom is 0.271 e. The first-order valence-electron chi connectivity index (χ1n) is 9.26. The van der Waals surface area contributed by atoms with Crippen molar-refractivity contribution in [1.29, 1.82) is 0 Å². The largest absolute Gasteiger partial charge is 0.470 e. The third kappa shape index (κ3) is 5.86. The van der Waals surface area contributed by atoms with Crippen LogP contribution in [0.15, 0.2) is 72.5 Å². The van der Waals surface area contributed by atoms with E-state index in [-0.39, 0.29) is 35.4 Å². The van der Waals surface area contributed by atoms with Gasteiger partial charge in [-0.15, -0.1) is 6.58 Å². The Morgan fingerprint density at radius 3 is 2.65 bits per heavy atom. The van der Waals surface area contributed by atoms with Gasteiger partial charge in [0, 0.05) is 24.5 Å². The van der Waals surface area contributed by atoms with Gasteiger partial charge < -0.3 is 10.1 Å². The monoisotopic (exact) mass is 439 g/mol. The standard InChI is InChI=1S/C21H21N5O4S/c1-3-10-23-20(27)18-13-24-19(21(25-18)30-14-16-5-4-11-22-12-16)26-31(28,29)17-8-6-15(2)7-9-17/h3-9,11-13H,1,10,14H2,2H3,(H,23,27)(H,24,26). The molecule has 0 unspecified atom stereocenters. The molecule has 160 valence electrons. The number of sulfonamides is 1. The van der Waals surface area contributed by atoms with Gasteiger partial charge in [-0.2, -0.15) is 0 Å². The fourth-order valence-corrected chi connectivity index (χ4v) is 3.45. The van der Waals surface area contributed by atoms with Gasteiger partial charge in [0.1, 0.15) is 6.61 Å². The summed E-state index contributed by atoms with van der Waals surface area (Å²) in [6.45, 7) is 5.69. The average Bonchev–Trinajstić information content (AvgIpc) is 2.77. The summed E-state index contributed by atoms with van der Waals surface area (Å²) in [7, 11) is -3.94. The topological polar surface area (TPSA) is 123 Å². The Morgan fingerprint density at radius 1 is 1.19 bits per heavy atom. The van der Waals surface area contributed by atoms with Gasteiger partial charge in [0.05, 0.1) is 11.1 Å². The molecular formula is C21H21N5O4S. The molecular weight excluding hydrogens is 418 g/mol. The Labute approximate surface area is 180 Å². The molecule has 31 heavy (non-hydrogen) atoms. The van der Waals surface area contributed by atoms with Crippen molar-refractivity contribution in [2.45, 2.75) is 18.4 Å². The highest BCUT2D eigenvalue weighted by Crippen LogP contribution is 2.24. The zero-order valence-electron chi connectivity index (χ0n) is 16.8. The van der Waals surface area contributed by atoms with Crippen LogP contribution in [0.2, 0.25) is 0 Å². The Balaban J connectivity index is 1.90. The van der Waals surface area contributed by atoms with Crippen molar-refractivity contribution < 1.29 is 17.9 Å². The number of nitrogens with zero attached hydrogens (tertiary/aromatic N) is 3. The first-order valence-corrected chi connectivity index (χ1v) is 10.7. The zero-order valence-corrected chi connectivity index (χ0v) is 17.6. The SMILES string of the molecule is C=CCNC(=O)c1cnc(NS(=O)(=O)c2ccc(C)cc2)c(OCc2cccnc2)n1. The predicted molar refractivity (Wildman–Crippen MR) is 115 cm³/mol. The van der Waals surface area contributed by atoms with Crippen LogP contribution in [0.3, 0.4) is 0 Å². The van der Waals surface area contributed by atoms with Gasteiger partial charge in [0.25, 0.3) is 21.8 Å². The van der Waals surface area contributed by atoms with E-state index < -0.39 is 15.9 Å². The minimum atomic E-state index is -3.94. The number of hydrogen-bond acceptors (Lipinski definition) is 7. The molecule has 2 heterocycles. The predicted octanol–water partition coefficient (Wildman–Crippen LogP) is 2.48. The van der Waals surface area contributed by atoms with E-state index in [1.54, 1.807) is 36.7 Å². The molecule has 0 aliphatic rings. The van der Waals surface area contributed by atoms with Gasteiger partial charge >= 0.3 is 0 Å². The molecule has 0 aliphatic carbocycles. The number of ether oxygens (including phenoxy) is 1. The van der Waals surface area contributed by atoms with Crippen LogP contribution < -0.4 is 14.8 Å². The number of benzene rings is 1. The maximum absolute atomic E-state index is 12.8. The van der Waals surface area contributed by atoms with E-state index in [2.05, 4.69) is 31.6 Å². The van der Waals surface area contributed by atoms with Gasteiger partial charge in [-0.1, -0.05) is 29.8 Å². The number of pyridine rings is 1. The highest BCUT2D eigenvalue weighted by Gasteiger charge is 2.20. The minimum absolute atomic E-state index is 0.0266. The van der Waals surface area contributed by atoms with Crippen LogP contribution in [0.4, 0.5) is 5.82 Å². The van der Waals surface area contributed by atoms with Crippen LogP contribution in [0.5, 0.6) is 5.88 Å². The summed E-state index contributed by atoms with van der Waals surface area (Å²) in [6, 6.07) is 9.87. The number of carbonyl (C=O) groups excluding carboxylic acids is 1. The van der Waals surface area contributed by atoms with Crippen molar-refractivity contribution in [3.63, 3.8) is 0 Å². The molecule has 0 aliphatic heterocycles. The average molecular weight is 439 g/mol. The summed E-state index contributed by atoms with van der Waals surface area (Å²) < 4.78 is 33.6. The number of aryl methyl sites for hydroxylation is 1. The molecule has 0 saturated heterocycles. The molecule has 2 aromatic heterocycles. The van der Waals surface area contributed by atoms with Crippen LogP contribution >= 0.6 is 0 Å². The van der Waals surface area contributed by atoms with Crippen molar-refractivity contribution in [2.24, 2.45) is 0 Å². The molecule has 1 amide bonds. The van der Waals surface area contributed by atoms with E-state index in [0.717, 1.165) is 11.1 Å². The summed E-state index contributed by atoms with van der Waals surface area (Å²) in [5.41, 5.74) is 1.63. The second-order valence-corrected chi connectivity index (χ2v) is 8.16. The molecule has 0 saturated carbocycles. The van der Waals surface area contributed by atoms with Crippen molar-refractivity contribution >= 4 is 21.7 Å². The van der Waals surface area contributed by atoms with E-state index in [9.17, 15) is 13.2 Å². The van der Waals surface area contributed by atoms with Crippen molar-refractivity contribution in [1.82, 2.24) is 20.3 Å². The van der Waals surface area contributed by atoms with Gasteiger partial charge in [-0.3, -0.25) is 14.5 Å². The molecule has 10 heteroatoms. The van der Waals surface area contributed by atoms with Crippen LogP contribution in [-0.4, -0.2) is 35.8 Å². The van der Waals surface area contributed by atoms with E-state index in [0.29, 0.717) is 0 Å². The van der Waals surface area contributed by atoms with E-state index >= 15 is 0 Å². The number of nitrogens with one attached hydrogen (secondary N) is 2. The third-order valence-electron chi connectivity index (χ3n) is 4.04. The van der Waals surface area contributed by atoms with Crippen LogP contribution in [0, 0.1) is 6.92 Å². The Bertz CT molecular complexity index is 1170. The van der Waals surface area contributed by atoms with Crippen LogP contribution in [0.25, 0.3) is 0 Å². The number of aromatic nitrogens is 3. The van der Waals surface area contributed by atoms with Crippen LogP contribution in [-0.2, 0) is 16.6 Å². The number of anilines is 1. The highest BCUT2D eigenvalue weighted by atomic mass is 32.2. The molecule has 0 spiro atoms. The van der Waals surface area contributed by atoms with Gasteiger partial charge in [0.15, 0.2) is 5.69 Å². The molecule has 9 nitrogen and oxygen atoms in total. The number of carbonyl (C=O) groups is 1. The number of rotatable bonds is 9. The molecule has 0 atom stereocenters. The van der Waals surface area contributed by atoms with E-state index in [1.165, 1.54) is 24.4 Å². The van der Waals surface area contributed by atoms with Crippen molar-refractivity contribution in [2.75, 3.05) is 11.3 Å². The first-order chi connectivity index (χ1) is 14.9. The molecule has 0 fully saturated rings. The lowest BCUT2D eigenvalue weighted by molar-refractivity contribution is 0.0951. The van der Waals surface area contributed by atoms with E-state index in [4.69, 9.17) is 4.74 Å². The quantitative estimate of drug-likeness (QED) is 0.491. The van der Waals surface area contributed by atoms with Crippen molar-refractivity contribution in [3.8, 4) is 5.88 Å². The molecule has 3 rings (SSSR count). The second kappa shape index (κ2) is 9.81. The lowest BCUT2D eigenvalue weighted by Gasteiger charge is -2.13. The highest BCUT2D eigenvalue weighted by molar-refractivity contribution is 7.92. The summed E-state index contributed by atoms with van der Waals surface area (Å²) in [5, 5.41) is 2.58. The summed E-state index contributed by atoms with van der Waals surface area (Å²) in [5.74, 6) is -0.762. The van der Waals surface area contributed by atoms with E-state index in [1.807, 2.05) is 6.92 Å².